The summed E-state index contributed by atoms with van der Waals surface area (Å²) in [5, 5.41) is 12.2. The Morgan fingerprint density at radius 2 is 1.66 bits per heavy atom. The fourth-order valence-corrected chi connectivity index (χ4v) is 2.97. The van der Waals surface area contributed by atoms with E-state index in [1.165, 1.54) is 24.3 Å². The van der Waals surface area contributed by atoms with Gasteiger partial charge in [-0.15, -0.1) is 0 Å². The molecule has 5 nitrogen and oxygen atoms in total. The number of halogens is 3. The van der Waals surface area contributed by atoms with Gasteiger partial charge in [0, 0.05) is 17.4 Å². The summed E-state index contributed by atoms with van der Waals surface area (Å²) < 4.78 is 40.4. The van der Waals surface area contributed by atoms with Crippen LogP contribution in [0.15, 0.2) is 72.9 Å². The SMILES string of the molecule is O=C(O)c1ccc(Nc2c(-c3ccc(C(F)(F)F)cc3)nc3ccccn23)cc1. The summed E-state index contributed by atoms with van der Waals surface area (Å²) >= 11 is 0. The molecule has 0 amide bonds. The number of aromatic carboxylic acids is 1. The summed E-state index contributed by atoms with van der Waals surface area (Å²) in [6.45, 7) is 0. The van der Waals surface area contributed by atoms with E-state index in [1.54, 1.807) is 28.8 Å². The molecular formula is C21H14F3N3O2. The standard InChI is InChI=1S/C21H14F3N3O2/c22-21(23,24)15-8-4-13(5-9-15)18-19(27-12-2-1-3-17(27)26-18)25-16-10-6-14(7-11-16)20(28)29/h1-12,25H,(H,28,29). The Bertz CT molecular complexity index is 1180. The van der Waals surface area contributed by atoms with Gasteiger partial charge in [0.2, 0.25) is 0 Å². The average Bonchev–Trinajstić information content (AvgIpc) is 3.06. The number of carbonyl (C=O) groups is 1. The Balaban J connectivity index is 1.77. The molecule has 0 radical (unpaired) electrons. The summed E-state index contributed by atoms with van der Waals surface area (Å²) in [4.78, 5) is 15.6. The predicted octanol–water partition coefficient (Wildman–Crippen LogP) is 5.46. The lowest BCUT2D eigenvalue weighted by molar-refractivity contribution is -0.137. The van der Waals surface area contributed by atoms with Crippen LogP contribution in [0.2, 0.25) is 0 Å². The van der Waals surface area contributed by atoms with Crippen molar-refractivity contribution in [2.75, 3.05) is 5.32 Å². The summed E-state index contributed by atoms with van der Waals surface area (Å²) in [6.07, 6.45) is -2.63. The largest absolute Gasteiger partial charge is 0.478 e. The van der Waals surface area contributed by atoms with Gasteiger partial charge in [0.05, 0.1) is 11.1 Å². The predicted molar refractivity (Wildman–Crippen MR) is 102 cm³/mol. The van der Waals surface area contributed by atoms with E-state index in [4.69, 9.17) is 5.11 Å². The Kier molecular flexibility index (Phi) is 4.46. The number of aromatic nitrogens is 2. The molecule has 2 aromatic heterocycles. The van der Waals surface area contributed by atoms with Crippen molar-refractivity contribution in [3.05, 3.63) is 84.1 Å². The number of rotatable bonds is 4. The number of pyridine rings is 1. The number of nitrogens with zero attached hydrogens (tertiary/aromatic N) is 2. The number of nitrogens with one attached hydrogen (secondary N) is 1. The van der Waals surface area contributed by atoms with Crippen LogP contribution in [-0.2, 0) is 6.18 Å². The summed E-state index contributed by atoms with van der Waals surface area (Å²) in [7, 11) is 0. The minimum absolute atomic E-state index is 0.150. The molecule has 0 fully saturated rings. The molecule has 0 saturated carbocycles. The molecule has 2 heterocycles. The van der Waals surface area contributed by atoms with Gasteiger partial charge < -0.3 is 10.4 Å². The number of hydrogen-bond donors (Lipinski definition) is 2. The third-order valence-electron chi connectivity index (χ3n) is 4.41. The molecule has 0 aliphatic carbocycles. The van der Waals surface area contributed by atoms with Crippen molar-refractivity contribution in [3.63, 3.8) is 0 Å². The van der Waals surface area contributed by atoms with Crippen LogP contribution in [-0.4, -0.2) is 20.5 Å². The molecule has 29 heavy (non-hydrogen) atoms. The van der Waals surface area contributed by atoms with Crippen molar-refractivity contribution < 1.29 is 23.1 Å². The first-order chi connectivity index (χ1) is 13.8. The van der Waals surface area contributed by atoms with Crippen molar-refractivity contribution in [1.82, 2.24) is 9.38 Å². The zero-order valence-corrected chi connectivity index (χ0v) is 14.8. The minimum atomic E-state index is -4.41. The molecule has 2 N–H and O–H groups in total. The number of alkyl halides is 3. The Morgan fingerprint density at radius 3 is 2.28 bits per heavy atom. The highest BCUT2D eigenvalue weighted by Crippen LogP contribution is 2.34. The molecule has 0 bridgehead atoms. The van der Waals surface area contributed by atoms with Gasteiger partial charge >= 0.3 is 12.1 Å². The van der Waals surface area contributed by atoms with E-state index in [2.05, 4.69) is 10.3 Å². The third kappa shape index (κ3) is 3.64. The van der Waals surface area contributed by atoms with Gasteiger partial charge in [-0.1, -0.05) is 18.2 Å². The number of benzene rings is 2. The first kappa shape index (κ1) is 18.5. The van der Waals surface area contributed by atoms with Crippen molar-refractivity contribution >= 4 is 23.1 Å². The normalized spacial score (nSPS) is 11.6. The number of carboxylic acid groups (broad SMARTS) is 1. The topological polar surface area (TPSA) is 66.6 Å². The van der Waals surface area contributed by atoms with Crippen molar-refractivity contribution in [3.8, 4) is 11.3 Å². The van der Waals surface area contributed by atoms with E-state index in [1.807, 2.05) is 12.1 Å². The number of hydrogen-bond acceptors (Lipinski definition) is 3. The monoisotopic (exact) mass is 397 g/mol. The van der Waals surface area contributed by atoms with Crippen LogP contribution in [0.25, 0.3) is 16.9 Å². The molecular weight excluding hydrogens is 383 g/mol. The van der Waals surface area contributed by atoms with E-state index in [9.17, 15) is 18.0 Å². The van der Waals surface area contributed by atoms with E-state index >= 15 is 0 Å². The van der Waals surface area contributed by atoms with Crippen molar-refractivity contribution in [2.24, 2.45) is 0 Å². The van der Waals surface area contributed by atoms with Gasteiger partial charge in [-0.25, -0.2) is 9.78 Å². The second kappa shape index (κ2) is 6.97. The molecule has 4 rings (SSSR count). The van der Waals surface area contributed by atoms with Crippen LogP contribution in [0.1, 0.15) is 15.9 Å². The maximum absolute atomic E-state index is 12.9. The van der Waals surface area contributed by atoms with Crippen LogP contribution in [0.5, 0.6) is 0 Å². The number of imidazole rings is 1. The fourth-order valence-electron chi connectivity index (χ4n) is 2.97. The molecule has 146 valence electrons. The lowest BCUT2D eigenvalue weighted by Gasteiger charge is -2.10. The number of anilines is 2. The highest BCUT2D eigenvalue weighted by atomic mass is 19.4. The molecule has 0 saturated heterocycles. The van der Waals surface area contributed by atoms with E-state index < -0.39 is 17.7 Å². The van der Waals surface area contributed by atoms with Gasteiger partial charge in [-0.05, 0) is 48.5 Å². The van der Waals surface area contributed by atoms with Crippen LogP contribution in [0.4, 0.5) is 24.7 Å². The maximum Gasteiger partial charge on any atom is 0.416 e. The lowest BCUT2D eigenvalue weighted by Crippen LogP contribution is -2.04. The zero-order chi connectivity index (χ0) is 20.6. The number of carboxylic acids is 1. The zero-order valence-electron chi connectivity index (χ0n) is 14.8. The van der Waals surface area contributed by atoms with Crippen molar-refractivity contribution in [2.45, 2.75) is 6.18 Å². The second-order valence-corrected chi connectivity index (χ2v) is 6.32. The van der Waals surface area contributed by atoms with Gasteiger partial charge in [-0.3, -0.25) is 4.40 Å². The summed E-state index contributed by atoms with van der Waals surface area (Å²) in [5.74, 6) is -0.472. The Labute approximate surface area is 163 Å². The van der Waals surface area contributed by atoms with E-state index in [0.29, 0.717) is 28.4 Å². The Hall–Kier alpha value is -3.81. The molecule has 0 aliphatic heterocycles. The molecule has 0 aliphatic rings. The van der Waals surface area contributed by atoms with Crippen LogP contribution in [0, 0.1) is 0 Å². The van der Waals surface area contributed by atoms with E-state index in [0.717, 1.165) is 12.1 Å². The van der Waals surface area contributed by atoms with Crippen LogP contribution >= 0.6 is 0 Å². The van der Waals surface area contributed by atoms with Crippen LogP contribution in [0.3, 0.4) is 0 Å². The minimum Gasteiger partial charge on any atom is -0.478 e. The highest BCUT2D eigenvalue weighted by molar-refractivity contribution is 5.88. The van der Waals surface area contributed by atoms with Crippen molar-refractivity contribution in [1.29, 1.82) is 0 Å². The average molecular weight is 397 g/mol. The lowest BCUT2D eigenvalue weighted by atomic mass is 10.1. The molecule has 0 unspecified atom stereocenters. The van der Waals surface area contributed by atoms with Gasteiger partial charge in [0.25, 0.3) is 0 Å². The first-order valence-corrected chi connectivity index (χ1v) is 8.58. The summed E-state index contributed by atoms with van der Waals surface area (Å²) in [6, 6.07) is 16.4. The molecule has 0 spiro atoms. The summed E-state index contributed by atoms with van der Waals surface area (Å²) in [5.41, 5.74) is 1.65. The molecule has 2 aromatic carbocycles. The quantitative estimate of drug-likeness (QED) is 0.480. The third-order valence-corrected chi connectivity index (χ3v) is 4.41. The van der Waals surface area contributed by atoms with Gasteiger partial charge in [-0.2, -0.15) is 13.2 Å². The fraction of sp³-hybridized carbons (Fsp3) is 0.0476. The maximum atomic E-state index is 12.9. The number of fused-ring (bicyclic) bond motifs is 1. The molecule has 8 heteroatoms. The smallest absolute Gasteiger partial charge is 0.416 e. The van der Waals surface area contributed by atoms with Gasteiger partial charge in [0.1, 0.15) is 17.2 Å². The molecule has 4 aromatic rings. The van der Waals surface area contributed by atoms with Gasteiger partial charge in [0.15, 0.2) is 0 Å². The first-order valence-electron chi connectivity index (χ1n) is 8.58. The Morgan fingerprint density at radius 1 is 0.966 bits per heavy atom. The van der Waals surface area contributed by atoms with E-state index in [-0.39, 0.29) is 5.56 Å². The molecule has 0 atom stereocenters. The van der Waals surface area contributed by atoms with Crippen LogP contribution < -0.4 is 5.32 Å². The second-order valence-electron chi connectivity index (χ2n) is 6.32. The highest BCUT2D eigenvalue weighted by Gasteiger charge is 2.30.